The average Bonchev–Trinajstić information content (AvgIpc) is 2.55. The number of sulfonamides is 1. The van der Waals surface area contributed by atoms with Crippen LogP contribution in [0.1, 0.15) is 22.7 Å². The highest BCUT2D eigenvalue weighted by Gasteiger charge is 2.23. The van der Waals surface area contributed by atoms with E-state index in [1.807, 2.05) is 0 Å². The topological polar surface area (TPSA) is 87.7 Å². The van der Waals surface area contributed by atoms with Crippen molar-refractivity contribution < 1.29 is 18.3 Å². The number of phenols is 1. The van der Waals surface area contributed by atoms with Crippen LogP contribution in [-0.2, 0) is 22.9 Å². The Morgan fingerprint density at radius 2 is 1.93 bits per heavy atom. The van der Waals surface area contributed by atoms with Crippen molar-refractivity contribution in [3.63, 3.8) is 0 Å². The van der Waals surface area contributed by atoms with Gasteiger partial charge < -0.3 is 15.2 Å². The van der Waals surface area contributed by atoms with Gasteiger partial charge in [0.2, 0.25) is 10.0 Å². The minimum atomic E-state index is -3.47. The third kappa shape index (κ3) is 4.98. The van der Waals surface area contributed by atoms with Crippen LogP contribution >= 0.6 is 45.2 Å². The Balaban J connectivity index is 1.95. The molecule has 146 valence electrons. The van der Waals surface area contributed by atoms with Gasteiger partial charge in [0.05, 0.1) is 26.2 Å². The van der Waals surface area contributed by atoms with E-state index in [9.17, 15) is 13.5 Å². The fraction of sp³-hybridized carbons (Fsp3) is 0.333. The fourth-order valence-corrected chi connectivity index (χ4v) is 6.21. The van der Waals surface area contributed by atoms with E-state index >= 15 is 0 Å². The lowest BCUT2D eigenvalue weighted by molar-refractivity contribution is 0.408. The lowest BCUT2D eigenvalue weighted by Crippen LogP contribution is -2.31. The van der Waals surface area contributed by atoms with Gasteiger partial charge in [-0.25, -0.2) is 8.42 Å². The first kappa shape index (κ1) is 20.9. The van der Waals surface area contributed by atoms with Crippen molar-refractivity contribution in [2.24, 2.45) is 0 Å². The van der Waals surface area contributed by atoms with E-state index in [-0.39, 0.29) is 17.5 Å². The van der Waals surface area contributed by atoms with Gasteiger partial charge in [0.25, 0.3) is 0 Å². The Morgan fingerprint density at radius 3 is 2.52 bits per heavy atom. The summed E-state index contributed by atoms with van der Waals surface area (Å²) < 4.78 is 33.1. The largest absolute Gasteiger partial charge is 0.506 e. The van der Waals surface area contributed by atoms with E-state index in [2.05, 4.69) is 67.4 Å². The SMILES string of the molecule is COc1c(I)cc(C[C@@H]2NCCc3cc(O)c(NS(C)(=O)=O)cc32)cc1I. The summed E-state index contributed by atoms with van der Waals surface area (Å²) >= 11 is 4.54. The van der Waals surface area contributed by atoms with Crippen molar-refractivity contribution in [1.82, 2.24) is 5.32 Å². The zero-order valence-electron chi connectivity index (χ0n) is 14.8. The molecule has 0 saturated heterocycles. The molecule has 0 aliphatic carbocycles. The Morgan fingerprint density at radius 1 is 1.26 bits per heavy atom. The second-order valence-electron chi connectivity index (χ2n) is 6.50. The molecule has 27 heavy (non-hydrogen) atoms. The van der Waals surface area contributed by atoms with Crippen LogP contribution in [-0.4, -0.2) is 33.4 Å². The summed E-state index contributed by atoms with van der Waals surface area (Å²) in [6, 6.07) is 7.65. The summed E-state index contributed by atoms with van der Waals surface area (Å²) in [6.45, 7) is 0.806. The van der Waals surface area contributed by atoms with E-state index in [1.165, 1.54) is 5.56 Å². The number of ether oxygens (including phenoxy) is 1. The lowest BCUT2D eigenvalue weighted by Gasteiger charge is -2.28. The van der Waals surface area contributed by atoms with Gasteiger partial charge in [-0.15, -0.1) is 0 Å². The summed E-state index contributed by atoms with van der Waals surface area (Å²) in [5, 5.41) is 13.7. The van der Waals surface area contributed by atoms with Gasteiger partial charge in [-0.2, -0.15) is 0 Å². The number of hydrogen-bond acceptors (Lipinski definition) is 5. The Hall–Kier alpha value is -0.790. The number of benzene rings is 2. The molecule has 2 aromatic carbocycles. The summed E-state index contributed by atoms with van der Waals surface area (Å²) in [7, 11) is -1.80. The average molecular weight is 614 g/mol. The van der Waals surface area contributed by atoms with Crippen molar-refractivity contribution >= 4 is 60.9 Å². The molecule has 1 aliphatic rings. The van der Waals surface area contributed by atoms with Crippen LogP contribution in [0.3, 0.4) is 0 Å². The molecule has 0 spiro atoms. The van der Waals surface area contributed by atoms with Crippen molar-refractivity contribution in [3.05, 3.63) is 48.1 Å². The fourth-order valence-electron chi connectivity index (χ4n) is 3.30. The quantitative estimate of drug-likeness (QED) is 0.355. The molecule has 0 saturated carbocycles. The number of fused-ring (bicyclic) bond motifs is 1. The predicted molar refractivity (Wildman–Crippen MR) is 123 cm³/mol. The summed E-state index contributed by atoms with van der Waals surface area (Å²) in [5.74, 6) is 0.829. The molecular weight excluding hydrogens is 594 g/mol. The highest BCUT2D eigenvalue weighted by Crippen LogP contribution is 2.36. The van der Waals surface area contributed by atoms with Gasteiger partial charge in [-0.1, -0.05) is 0 Å². The van der Waals surface area contributed by atoms with Gasteiger partial charge >= 0.3 is 0 Å². The molecule has 0 amide bonds. The zero-order chi connectivity index (χ0) is 19.8. The smallest absolute Gasteiger partial charge is 0.229 e. The highest BCUT2D eigenvalue weighted by molar-refractivity contribution is 14.1. The van der Waals surface area contributed by atoms with Crippen LogP contribution in [0.4, 0.5) is 5.69 Å². The molecule has 2 aromatic rings. The van der Waals surface area contributed by atoms with E-state index in [1.54, 1.807) is 19.2 Å². The van der Waals surface area contributed by atoms with Crippen LogP contribution < -0.4 is 14.8 Å². The normalized spacial score (nSPS) is 16.7. The molecular formula is C18H20I2N2O4S. The third-order valence-corrected chi connectivity index (χ3v) is 6.61. The molecule has 0 unspecified atom stereocenters. The van der Waals surface area contributed by atoms with Crippen LogP contribution in [0.2, 0.25) is 0 Å². The molecule has 3 rings (SSSR count). The number of anilines is 1. The van der Waals surface area contributed by atoms with Crippen LogP contribution in [0.5, 0.6) is 11.5 Å². The molecule has 6 nitrogen and oxygen atoms in total. The first-order chi connectivity index (χ1) is 12.7. The number of rotatable bonds is 5. The number of hydrogen-bond donors (Lipinski definition) is 3. The standard InChI is InChI=1S/C18H20I2N2O4S/c1-26-18-13(19)5-10(6-14(18)20)7-15-12-9-16(22-27(2,24)25)17(23)8-11(12)3-4-21-15/h5-6,8-9,15,21-23H,3-4,7H2,1-2H3/t15-/m0/s1. The van der Waals surface area contributed by atoms with Crippen molar-refractivity contribution in [2.45, 2.75) is 18.9 Å². The lowest BCUT2D eigenvalue weighted by atomic mass is 9.89. The van der Waals surface area contributed by atoms with Crippen molar-refractivity contribution in [3.8, 4) is 11.5 Å². The Labute approximate surface area is 186 Å². The zero-order valence-corrected chi connectivity index (χ0v) is 20.0. The molecule has 3 N–H and O–H groups in total. The molecule has 1 heterocycles. The number of halogens is 2. The number of methoxy groups -OCH3 is 1. The Kier molecular flexibility index (Phi) is 6.43. The maximum atomic E-state index is 11.6. The minimum Gasteiger partial charge on any atom is -0.506 e. The van der Waals surface area contributed by atoms with E-state index in [0.29, 0.717) is 0 Å². The number of aromatic hydroxyl groups is 1. The van der Waals surface area contributed by atoms with Gasteiger partial charge in [-0.3, -0.25) is 4.72 Å². The van der Waals surface area contributed by atoms with E-state index in [0.717, 1.165) is 49.7 Å². The van der Waals surface area contributed by atoms with Crippen LogP contribution in [0, 0.1) is 7.14 Å². The molecule has 9 heteroatoms. The third-order valence-electron chi connectivity index (χ3n) is 4.42. The summed E-state index contributed by atoms with van der Waals surface area (Å²) in [5.41, 5.74) is 3.42. The van der Waals surface area contributed by atoms with Gasteiger partial charge in [0.1, 0.15) is 11.5 Å². The monoisotopic (exact) mass is 614 g/mol. The van der Waals surface area contributed by atoms with E-state index in [4.69, 9.17) is 4.74 Å². The maximum absolute atomic E-state index is 11.6. The molecule has 0 aromatic heterocycles. The second kappa shape index (κ2) is 8.29. The van der Waals surface area contributed by atoms with Gasteiger partial charge in [0, 0.05) is 6.04 Å². The first-order valence-electron chi connectivity index (χ1n) is 8.27. The summed E-state index contributed by atoms with van der Waals surface area (Å²) in [6.07, 6.45) is 2.62. The highest BCUT2D eigenvalue weighted by atomic mass is 127. The number of phenolic OH excluding ortho intramolecular Hbond substituents is 1. The molecule has 1 atom stereocenters. The molecule has 1 aliphatic heterocycles. The molecule has 0 fully saturated rings. The number of nitrogens with one attached hydrogen (secondary N) is 2. The van der Waals surface area contributed by atoms with Crippen molar-refractivity contribution in [2.75, 3.05) is 24.6 Å². The molecule has 0 radical (unpaired) electrons. The van der Waals surface area contributed by atoms with E-state index < -0.39 is 10.0 Å². The minimum absolute atomic E-state index is 0.0365. The van der Waals surface area contributed by atoms with Crippen LogP contribution in [0.15, 0.2) is 24.3 Å². The first-order valence-corrected chi connectivity index (χ1v) is 12.3. The van der Waals surface area contributed by atoms with Crippen molar-refractivity contribution in [1.29, 1.82) is 0 Å². The van der Waals surface area contributed by atoms with Gasteiger partial charge in [-0.05, 0) is 106 Å². The predicted octanol–water partition coefficient (Wildman–Crippen LogP) is 3.41. The Bertz CT molecular complexity index is 957. The molecule has 0 bridgehead atoms. The maximum Gasteiger partial charge on any atom is 0.229 e. The second-order valence-corrected chi connectivity index (χ2v) is 10.6. The van der Waals surface area contributed by atoms with Gasteiger partial charge in [0.15, 0.2) is 0 Å². The summed E-state index contributed by atoms with van der Waals surface area (Å²) in [4.78, 5) is 0. The van der Waals surface area contributed by atoms with Crippen LogP contribution in [0.25, 0.3) is 0 Å².